The van der Waals surface area contributed by atoms with E-state index in [-0.39, 0.29) is 0 Å². The Bertz CT molecular complexity index is 704. The molecule has 0 radical (unpaired) electrons. The van der Waals surface area contributed by atoms with Crippen molar-refractivity contribution < 1.29 is 23.3 Å². The fraction of sp³-hybridized carbons (Fsp3) is 0.619. The quantitative estimate of drug-likeness (QED) is 0.473. The zero-order chi connectivity index (χ0) is 19.4. The van der Waals surface area contributed by atoms with Crippen molar-refractivity contribution in [2.45, 2.75) is 80.6 Å². The van der Waals surface area contributed by atoms with Crippen LogP contribution in [-0.4, -0.2) is 33.1 Å². The van der Waals surface area contributed by atoms with Gasteiger partial charge in [-0.3, -0.25) is 9.00 Å². The van der Waals surface area contributed by atoms with Crippen molar-refractivity contribution in [3.8, 4) is 0 Å². The number of carbonyl (C=O) groups is 2. The maximum absolute atomic E-state index is 13.3. The molecule has 5 atom stereocenters. The van der Waals surface area contributed by atoms with E-state index in [1.807, 2.05) is 6.07 Å². The molecule has 0 spiro atoms. The van der Waals surface area contributed by atoms with E-state index in [0.29, 0.717) is 11.3 Å². The number of ether oxygens (including phenoxy) is 2. The minimum Gasteiger partial charge on any atom is -0.459 e. The smallest absolute Gasteiger partial charge is 0.348 e. The van der Waals surface area contributed by atoms with E-state index in [0.717, 1.165) is 19.3 Å². The van der Waals surface area contributed by atoms with E-state index >= 15 is 0 Å². The lowest BCUT2D eigenvalue weighted by Crippen LogP contribution is -2.46. The lowest BCUT2D eigenvalue weighted by molar-refractivity contribution is -0.158. The van der Waals surface area contributed by atoms with E-state index in [1.54, 1.807) is 31.2 Å². The van der Waals surface area contributed by atoms with Crippen LogP contribution in [0.4, 0.5) is 0 Å². The molecule has 1 aromatic carbocycles. The van der Waals surface area contributed by atoms with Gasteiger partial charge in [-0.1, -0.05) is 57.2 Å². The van der Waals surface area contributed by atoms with E-state index in [1.165, 1.54) is 19.3 Å². The van der Waals surface area contributed by atoms with Crippen LogP contribution in [0, 0.1) is 5.92 Å². The average Bonchev–Trinajstić information content (AvgIpc) is 3.13. The molecule has 0 N–H and O–H groups in total. The number of carbonyl (C=O) groups excluding carboxylic acids is 2. The molecule has 0 aliphatic carbocycles. The summed E-state index contributed by atoms with van der Waals surface area (Å²) in [4.78, 5) is 25.4. The van der Waals surface area contributed by atoms with Gasteiger partial charge in [0.15, 0.2) is 4.75 Å². The summed E-state index contributed by atoms with van der Waals surface area (Å²) in [5, 5.41) is 0. The Morgan fingerprint density at radius 3 is 2.37 bits per heavy atom. The lowest BCUT2D eigenvalue weighted by atomic mass is 9.85. The Morgan fingerprint density at radius 1 is 1.00 bits per heavy atom. The summed E-state index contributed by atoms with van der Waals surface area (Å²) in [6.07, 6.45) is 6.13. The predicted molar refractivity (Wildman–Crippen MR) is 102 cm³/mol. The Morgan fingerprint density at radius 2 is 1.67 bits per heavy atom. The van der Waals surface area contributed by atoms with Crippen LogP contribution < -0.4 is 0 Å². The molecule has 27 heavy (non-hydrogen) atoms. The minimum atomic E-state index is -1.62. The summed E-state index contributed by atoms with van der Waals surface area (Å²) >= 11 is 0. The molecule has 0 aromatic heterocycles. The molecular weight excluding hydrogens is 364 g/mol. The van der Waals surface area contributed by atoms with Crippen LogP contribution in [0.2, 0.25) is 0 Å². The maximum Gasteiger partial charge on any atom is 0.348 e. The Kier molecular flexibility index (Phi) is 6.35. The van der Waals surface area contributed by atoms with Crippen LogP contribution in [0.5, 0.6) is 0 Å². The van der Waals surface area contributed by atoms with Gasteiger partial charge in [0.2, 0.25) is 6.10 Å². The van der Waals surface area contributed by atoms with Crippen molar-refractivity contribution in [1.29, 1.82) is 0 Å². The van der Waals surface area contributed by atoms with Gasteiger partial charge in [0.1, 0.15) is 6.10 Å². The molecular formula is C21H28O5S. The van der Waals surface area contributed by atoms with Gasteiger partial charge in [-0.25, -0.2) is 4.79 Å². The highest BCUT2D eigenvalue weighted by Crippen LogP contribution is 2.47. The molecule has 0 amide bonds. The zero-order valence-corrected chi connectivity index (χ0v) is 16.8. The van der Waals surface area contributed by atoms with E-state index in [9.17, 15) is 13.8 Å². The second-order valence-electron chi connectivity index (χ2n) is 7.57. The van der Waals surface area contributed by atoms with E-state index < -0.39 is 45.6 Å². The molecule has 2 aliphatic rings. The number of hydrogen-bond donors (Lipinski definition) is 0. The average molecular weight is 393 g/mol. The molecule has 0 bridgehead atoms. The molecule has 6 heteroatoms. The first kappa shape index (κ1) is 20.1. The van der Waals surface area contributed by atoms with Gasteiger partial charge in [0, 0.05) is 4.90 Å². The van der Waals surface area contributed by atoms with Gasteiger partial charge < -0.3 is 9.47 Å². The zero-order valence-electron chi connectivity index (χ0n) is 16.0. The minimum absolute atomic E-state index is 0.419. The van der Waals surface area contributed by atoms with Crippen LogP contribution in [-0.2, 0) is 29.9 Å². The summed E-state index contributed by atoms with van der Waals surface area (Å²) in [5.74, 6) is -1.57. The number of rotatable bonds is 9. The number of esters is 2. The fourth-order valence-corrected chi connectivity index (χ4v) is 5.73. The van der Waals surface area contributed by atoms with Gasteiger partial charge in [-0.15, -0.1) is 0 Å². The maximum atomic E-state index is 13.3. The summed E-state index contributed by atoms with van der Waals surface area (Å²) in [6, 6.07) is 8.89. The third-order valence-corrected chi connectivity index (χ3v) is 7.60. The van der Waals surface area contributed by atoms with Gasteiger partial charge in [0.25, 0.3) is 0 Å². The molecule has 2 heterocycles. The molecule has 2 fully saturated rings. The van der Waals surface area contributed by atoms with Crippen molar-refractivity contribution in [1.82, 2.24) is 0 Å². The van der Waals surface area contributed by atoms with Crippen LogP contribution in [0.15, 0.2) is 35.2 Å². The topological polar surface area (TPSA) is 69.7 Å². The highest BCUT2D eigenvalue weighted by molar-refractivity contribution is 7.87. The number of unbranched alkanes of at least 4 members (excludes halogenated alkanes) is 5. The highest BCUT2D eigenvalue weighted by atomic mass is 32.2. The third kappa shape index (κ3) is 3.82. The Balaban J connectivity index is 1.73. The fourth-order valence-electron chi connectivity index (χ4n) is 4.12. The van der Waals surface area contributed by atoms with Gasteiger partial charge in [-0.2, -0.15) is 0 Å². The highest BCUT2D eigenvalue weighted by Gasteiger charge is 2.67. The summed E-state index contributed by atoms with van der Waals surface area (Å²) in [6.45, 7) is 3.84. The standard InChI is InChI=1S/C21H28O5S/c1-3-4-5-6-7-11-14-16-17-18(19(22)25-16)26-20(23)21(17,2)27(24)15-12-9-8-10-13-15/h8-10,12-13,16-18H,3-7,11,14H2,1-2H3/t16-,17+,18+,21+,27?/m0/s1. The Hall–Kier alpha value is -1.69. The number of hydrogen-bond acceptors (Lipinski definition) is 5. The van der Waals surface area contributed by atoms with Crippen molar-refractivity contribution in [2.75, 3.05) is 0 Å². The Labute approximate surface area is 163 Å². The molecule has 1 aromatic rings. The van der Waals surface area contributed by atoms with Crippen LogP contribution in [0.25, 0.3) is 0 Å². The summed E-state index contributed by atoms with van der Waals surface area (Å²) in [7, 11) is -1.62. The van der Waals surface area contributed by atoms with E-state index in [4.69, 9.17) is 9.47 Å². The first-order valence-electron chi connectivity index (χ1n) is 9.88. The molecule has 1 unspecified atom stereocenters. The number of fused-ring (bicyclic) bond motifs is 1. The van der Waals surface area contributed by atoms with Crippen LogP contribution in [0.3, 0.4) is 0 Å². The molecule has 5 nitrogen and oxygen atoms in total. The van der Waals surface area contributed by atoms with Crippen LogP contribution in [0.1, 0.15) is 58.8 Å². The van der Waals surface area contributed by atoms with E-state index in [2.05, 4.69) is 6.92 Å². The third-order valence-electron chi connectivity index (χ3n) is 5.69. The molecule has 2 saturated heterocycles. The molecule has 3 rings (SSSR count). The molecule has 148 valence electrons. The summed E-state index contributed by atoms with van der Waals surface area (Å²) < 4.78 is 22.9. The van der Waals surface area contributed by atoms with Crippen molar-refractivity contribution in [2.24, 2.45) is 5.92 Å². The largest absolute Gasteiger partial charge is 0.459 e. The predicted octanol–water partition coefficient (Wildman–Crippen LogP) is 3.77. The monoisotopic (exact) mass is 392 g/mol. The van der Waals surface area contributed by atoms with Crippen molar-refractivity contribution in [3.63, 3.8) is 0 Å². The van der Waals surface area contributed by atoms with Crippen molar-refractivity contribution >= 4 is 22.7 Å². The first-order valence-corrected chi connectivity index (χ1v) is 11.0. The SMILES string of the molecule is CCCCCCCC[C@@H]1OC(=O)[C@@H]2OC(=O)[C@](C)(S(=O)c3ccccc3)[C@H]12. The molecule has 2 aliphatic heterocycles. The summed E-state index contributed by atoms with van der Waals surface area (Å²) in [5.41, 5.74) is 0. The lowest BCUT2D eigenvalue weighted by Gasteiger charge is -2.28. The number of cyclic esters (lactones) is 1. The number of benzene rings is 1. The van der Waals surface area contributed by atoms with Gasteiger partial charge in [-0.05, 0) is 31.9 Å². The van der Waals surface area contributed by atoms with Gasteiger partial charge >= 0.3 is 11.9 Å². The second-order valence-corrected chi connectivity index (χ2v) is 9.43. The first-order chi connectivity index (χ1) is 13.0. The van der Waals surface area contributed by atoms with Gasteiger partial charge in [0.05, 0.1) is 16.7 Å². The van der Waals surface area contributed by atoms with Crippen LogP contribution >= 0.6 is 0 Å². The van der Waals surface area contributed by atoms with Crippen molar-refractivity contribution in [3.05, 3.63) is 30.3 Å². The second kappa shape index (κ2) is 8.55. The normalized spacial score (nSPS) is 30.7. The molecule has 0 saturated carbocycles.